The van der Waals surface area contributed by atoms with Gasteiger partial charge in [0.2, 0.25) is 5.88 Å². The first kappa shape index (κ1) is 18.3. The first-order valence-electron chi connectivity index (χ1n) is 9.84. The van der Waals surface area contributed by atoms with Crippen LogP contribution in [0.15, 0.2) is 75.3 Å². The Kier molecular flexibility index (Phi) is 4.55. The van der Waals surface area contributed by atoms with Crippen molar-refractivity contribution in [3.63, 3.8) is 0 Å². The van der Waals surface area contributed by atoms with Crippen LogP contribution in [-0.2, 0) is 4.79 Å². The van der Waals surface area contributed by atoms with Crippen LogP contribution in [-0.4, -0.2) is 17.2 Å². The highest BCUT2D eigenvalue weighted by Gasteiger charge is 2.41. The number of fused-ring (bicyclic) bond motifs is 1. The number of benzene rings is 2. The van der Waals surface area contributed by atoms with Crippen molar-refractivity contribution >= 4 is 23.4 Å². The van der Waals surface area contributed by atoms with E-state index in [2.05, 4.69) is 53.1 Å². The smallest absolute Gasteiger partial charge is 0.233 e. The minimum atomic E-state index is -0.132. The number of rotatable bonds is 3. The molecule has 2 aromatic carbocycles. The lowest BCUT2D eigenvalue weighted by molar-refractivity contribution is -0.116. The van der Waals surface area contributed by atoms with Crippen LogP contribution in [0.25, 0.3) is 0 Å². The molecule has 0 spiro atoms. The van der Waals surface area contributed by atoms with Crippen molar-refractivity contribution in [1.29, 1.82) is 0 Å². The minimum Gasteiger partial charge on any atom is -0.338 e. The Bertz CT molecular complexity index is 1100. The first-order chi connectivity index (χ1) is 14.2. The van der Waals surface area contributed by atoms with Crippen LogP contribution in [0.1, 0.15) is 47.1 Å². The van der Waals surface area contributed by atoms with Crippen LogP contribution in [0.5, 0.6) is 0 Å². The third-order valence-electron chi connectivity index (χ3n) is 5.98. The van der Waals surface area contributed by atoms with Gasteiger partial charge in [-0.1, -0.05) is 47.6 Å². The normalized spacial score (nSPS) is 20.8. The van der Waals surface area contributed by atoms with E-state index in [1.807, 2.05) is 25.1 Å². The van der Waals surface area contributed by atoms with Gasteiger partial charge in [0.15, 0.2) is 5.78 Å². The van der Waals surface area contributed by atoms with E-state index in [1.54, 1.807) is 11.8 Å². The molecule has 0 radical (unpaired) electrons. The highest BCUT2D eigenvalue weighted by molar-refractivity contribution is 7.98. The van der Waals surface area contributed by atoms with Gasteiger partial charge in [-0.25, -0.2) is 0 Å². The third-order valence-corrected chi connectivity index (χ3v) is 6.72. The summed E-state index contributed by atoms with van der Waals surface area (Å²) in [4.78, 5) is 14.6. The average Bonchev–Trinajstić information content (AvgIpc) is 3.13. The van der Waals surface area contributed by atoms with E-state index in [0.29, 0.717) is 12.3 Å². The van der Waals surface area contributed by atoms with E-state index in [0.717, 1.165) is 34.5 Å². The summed E-state index contributed by atoms with van der Waals surface area (Å²) < 4.78 is 5.60. The van der Waals surface area contributed by atoms with Crippen molar-refractivity contribution in [3.05, 3.63) is 88.3 Å². The maximum Gasteiger partial charge on any atom is 0.233 e. The summed E-state index contributed by atoms with van der Waals surface area (Å²) >= 11 is 1.71. The molecule has 0 bridgehead atoms. The summed E-state index contributed by atoms with van der Waals surface area (Å²) in [5.41, 5.74) is 5.96. The van der Waals surface area contributed by atoms with Crippen molar-refractivity contribution in [1.82, 2.24) is 5.16 Å². The van der Waals surface area contributed by atoms with Crippen molar-refractivity contribution < 1.29 is 9.32 Å². The number of carbonyl (C=O) groups excluding carboxylic acids is 1. The molecule has 1 aromatic heterocycles. The molecule has 1 N–H and O–H groups in total. The molecule has 2 heterocycles. The van der Waals surface area contributed by atoms with Gasteiger partial charge in [0.25, 0.3) is 0 Å². The predicted octanol–water partition coefficient (Wildman–Crippen LogP) is 5.66. The number of hydrogen-bond donors (Lipinski definition) is 1. The Morgan fingerprint density at radius 2 is 1.79 bits per heavy atom. The van der Waals surface area contributed by atoms with Crippen LogP contribution in [0.2, 0.25) is 0 Å². The van der Waals surface area contributed by atoms with Gasteiger partial charge in [0, 0.05) is 28.5 Å². The van der Waals surface area contributed by atoms with Gasteiger partial charge in [-0.05, 0) is 48.8 Å². The van der Waals surface area contributed by atoms with Crippen LogP contribution in [0, 0.1) is 6.92 Å². The molecule has 5 heteroatoms. The zero-order valence-electron chi connectivity index (χ0n) is 16.4. The molecule has 0 amide bonds. The fourth-order valence-corrected chi connectivity index (χ4v) is 4.97. The summed E-state index contributed by atoms with van der Waals surface area (Å²) in [5.74, 6) is 0.923. The topological polar surface area (TPSA) is 55.1 Å². The molecule has 0 saturated heterocycles. The molecule has 1 aliphatic carbocycles. The molecule has 2 atom stereocenters. The monoisotopic (exact) mass is 402 g/mol. The van der Waals surface area contributed by atoms with E-state index >= 15 is 0 Å². The minimum absolute atomic E-state index is 0.132. The molecule has 146 valence electrons. The standard InChI is InChI=1S/C24H22N2O2S/c1-14-21-22(16-8-10-18(29-2)11-9-16)23-19(25-24(21)28-26-14)12-17(13-20(23)27)15-6-4-3-5-7-15/h3-11,17,22,25H,12-13H2,1-2H3/t17-,22-/m0/s1. The fraction of sp³-hybridized carbons (Fsp3) is 0.250. The van der Waals surface area contributed by atoms with Crippen LogP contribution >= 0.6 is 11.8 Å². The van der Waals surface area contributed by atoms with Crippen LogP contribution in [0.4, 0.5) is 5.88 Å². The number of carbonyl (C=O) groups is 1. The fourth-order valence-electron chi connectivity index (χ4n) is 4.56. The van der Waals surface area contributed by atoms with Crippen molar-refractivity contribution in [2.24, 2.45) is 0 Å². The number of thioether (sulfide) groups is 1. The molecule has 29 heavy (non-hydrogen) atoms. The van der Waals surface area contributed by atoms with Gasteiger partial charge in [0.1, 0.15) is 0 Å². The zero-order chi connectivity index (χ0) is 20.0. The Balaban J connectivity index is 1.61. The van der Waals surface area contributed by atoms with Crippen LogP contribution in [0.3, 0.4) is 0 Å². The molecular formula is C24H22N2O2S. The second-order valence-electron chi connectivity index (χ2n) is 7.67. The number of hydrogen-bond acceptors (Lipinski definition) is 5. The molecule has 4 nitrogen and oxygen atoms in total. The van der Waals surface area contributed by atoms with Crippen LogP contribution < -0.4 is 5.32 Å². The van der Waals surface area contributed by atoms with Gasteiger partial charge >= 0.3 is 0 Å². The molecule has 0 fully saturated rings. The van der Waals surface area contributed by atoms with Gasteiger partial charge in [0.05, 0.1) is 11.3 Å². The lowest BCUT2D eigenvalue weighted by Crippen LogP contribution is -2.29. The van der Waals surface area contributed by atoms with Gasteiger partial charge < -0.3 is 9.84 Å². The van der Waals surface area contributed by atoms with E-state index in [4.69, 9.17) is 4.52 Å². The third kappa shape index (κ3) is 3.10. The second-order valence-corrected chi connectivity index (χ2v) is 8.55. The van der Waals surface area contributed by atoms with E-state index in [-0.39, 0.29) is 17.6 Å². The summed E-state index contributed by atoms with van der Waals surface area (Å²) in [5, 5.41) is 7.59. The Morgan fingerprint density at radius 1 is 1.03 bits per heavy atom. The molecule has 5 rings (SSSR count). The number of anilines is 1. The summed E-state index contributed by atoms with van der Waals surface area (Å²) in [6, 6.07) is 18.8. The lowest BCUT2D eigenvalue weighted by Gasteiger charge is -2.34. The first-order valence-corrected chi connectivity index (χ1v) is 11.1. The summed E-state index contributed by atoms with van der Waals surface area (Å²) in [7, 11) is 0. The SMILES string of the molecule is CSc1ccc([C@@H]2C3=C(C[C@H](c4ccccc4)CC3=O)Nc3onc(C)c32)cc1. The number of ketones is 1. The maximum atomic E-state index is 13.4. The number of allylic oxidation sites excluding steroid dienone is 2. The number of nitrogens with one attached hydrogen (secondary N) is 1. The molecule has 2 aliphatic rings. The predicted molar refractivity (Wildman–Crippen MR) is 115 cm³/mol. The number of nitrogens with zero attached hydrogens (tertiary/aromatic N) is 1. The van der Waals surface area contributed by atoms with E-state index in [1.165, 1.54) is 10.5 Å². The maximum absolute atomic E-state index is 13.4. The van der Waals surface area contributed by atoms with Gasteiger partial charge in [-0.2, -0.15) is 0 Å². The molecule has 0 unspecified atom stereocenters. The highest BCUT2D eigenvalue weighted by Crippen LogP contribution is 2.49. The van der Waals surface area contributed by atoms with E-state index < -0.39 is 0 Å². The van der Waals surface area contributed by atoms with Crippen molar-refractivity contribution in [3.8, 4) is 0 Å². The number of aromatic nitrogens is 1. The summed E-state index contributed by atoms with van der Waals surface area (Å²) in [6.07, 6.45) is 3.39. The Hall–Kier alpha value is -2.79. The van der Waals surface area contributed by atoms with E-state index in [9.17, 15) is 4.79 Å². The quantitative estimate of drug-likeness (QED) is 0.573. The molecule has 3 aromatic rings. The Morgan fingerprint density at radius 3 is 2.52 bits per heavy atom. The van der Waals surface area contributed by atoms with Crippen molar-refractivity contribution in [2.75, 3.05) is 11.6 Å². The zero-order valence-corrected chi connectivity index (χ0v) is 17.3. The number of Topliss-reactive ketones (excluding diaryl/α,β-unsaturated/α-hetero) is 1. The Labute approximate surface area is 174 Å². The highest BCUT2D eigenvalue weighted by atomic mass is 32.2. The van der Waals surface area contributed by atoms with Gasteiger partial charge in [-0.3, -0.25) is 4.79 Å². The summed E-state index contributed by atoms with van der Waals surface area (Å²) in [6.45, 7) is 1.94. The van der Waals surface area contributed by atoms with Crippen molar-refractivity contribution in [2.45, 2.75) is 36.5 Å². The average molecular weight is 403 g/mol. The number of aryl methyl sites for hydroxylation is 1. The lowest BCUT2D eigenvalue weighted by atomic mass is 9.72. The largest absolute Gasteiger partial charge is 0.338 e. The molecule has 1 aliphatic heterocycles. The van der Waals surface area contributed by atoms with Gasteiger partial charge in [-0.15, -0.1) is 11.8 Å². The molecule has 0 saturated carbocycles. The molecular weight excluding hydrogens is 380 g/mol. The second kappa shape index (κ2) is 7.23.